The van der Waals surface area contributed by atoms with Gasteiger partial charge in [0.2, 0.25) is 11.8 Å². The minimum Gasteiger partial charge on any atom is -0.491 e. The van der Waals surface area contributed by atoms with E-state index < -0.39 is 0 Å². The lowest BCUT2D eigenvalue weighted by Crippen LogP contribution is -2.50. The maximum absolute atomic E-state index is 13.8. The Morgan fingerprint density at radius 1 is 0.947 bits per heavy atom. The van der Waals surface area contributed by atoms with E-state index in [-0.39, 0.29) is 30.4 Å². The SMILES string of the molecule is CC(C)Oc1ccccc1C1CCN(C(=O)C2CN(CC(=O)N3CCN(C)CC3)c3cc(Cl)ccc32)CC1. The van der Waals surface area contributed by atoms with Crippen LogP contribution in [0.5, 0.6) is 5.75 Å². The molecule has 0 spiro atoms. The molecule has 5 rings (SSSR count). The van der Waals surface area contributed by atoms with Gasteiger partial charge in [0.1, 0.15) is 5.75 Å². The van der Waals surface area contributed by atoms with Gasteiger partial charge in [-0.05, 0) is 69.0 Å². The minimum absolute atomic E-state index is 0.111. The van der Waals surface area contributed by atoms with Gasteiger partial charge in [0.05, 0.1) is 18.6 Å². The smallest absolute Gasteiger partial charge is 0.242 e. The summed E-state index contributed by atoms with van der Waals surface area (Å²) in [5, 5.41) is 0.622. The van der Waals surface area contributed by atoms with Gasteiger partial charge in [-0.3, -0.25) is 9.59 Å². The molecule has 2 amide bonds. The molecule has 204 valence electrons. The standard InChI is InChI=1S/C30H39ClN4O3/c1-21(2)38-28-7-5-4-6-24(28)22-10-12-34(13-11-22)30(37)26-19-35(27-18-23(31)8-9-25(26)27)20-29(36)33-16-14-32(3)15-17-33/h4-9,18,21-22,26H,10-17,19-20H2,1-3H3. The minimum atomic E-state index is -0.282. The van der Waals surface area contributed by atoms with Crippen molar-refractivity contribution in [3.05, 3.63) is 58.6 Å². The molecule has 2 aromatic carbocycles. The van der Waals surface area contributed by atoms with Crippen LogP contribution in [0.15, 0.2) is 42.5 Å². The average molecular weight is 539 g/mol. The second-order valence-corrected chi connectivity index (χ2v) is 11.6. The fourth-order valence-electron chi connectivity index (χ4n) is 5.99. The fourth-order valence-corrected chi connectivity index (χ4v) is 6.16. The Kier molecular flexibility index (Phi) is 8.15. The van der Waals surface area contributed by atoms with Gasteiger partial charge in [0, 0.05) is 56.5 Å². The molecule has 7 nitrogen and oxygen atoms in total. The summed E-state index contributed by atoms with van der Waals surface area (Å²) in [5.74, 6) is 1.31. The number of hydrogen-bond donors (Lipinski definition) is 0. The predicted molar refractivity (Wildman–Crippen MR) is 151 cm³/mol. The van der Waals surface area contributed by atoms with Crippen LogP contribution in [-0.4, -0.2) is 92.0 Å². The van der Waals surface area contributed by atoms with Crippen LogP contribution in [0.1, 0.15) is 49.7 Å². The number of para-hydroxylation sites is 1. The lowest BCUT2D eigenvalue weighted by molar-refractivity contribution is -0.134. The van der Waals surface area contributed by atoms with Crippen LogP contribution in [0.4, 0.5) is 5.69 Å². The van der Waals surface area contributed by atoms with E-state index in [0.717, 1.165) is 69.1 Å². The van der Waals surface area contributed by atoms with Crippen molar-refractivity contribution >= 4 is 29.1 Å². The zero-order valence-corrected chi connectivity index (χ0v) is 23.5. The highest BCUT2D eigenvalue weighted by atomic mass is 35.5. The second-order valence-electron chi connectivity index (χ2n) is 11.1. The number of anilines is 1. The molecule has 0 bridgehead atoms. The van der Waals surface area contributed by atoms with Crippen LogP contribution >= 0.6 is 11.6 Å². The molecular formula is C30H39ClN4O3. The summed E-state index contributed by atoms with van der Waals surface area (Å²) in [7, 11) is 2.08. The van der Waals surface area contributed by atoms with Crippen molar-refractivity contribution in [3.63, 3.8) is 0 Å². The molecular weight excluding hydrogens is 500 g/mol. The Hall–Kier alpha value is -2.77. The van der Waals surface area contributed by atoms with E-state index in [4.69, 9.17) is 16.3 Å². The first-order chi connectivity index (χ1) is 18.3. The summed E-state index contributed by atoms with van der Waals surface area (Å²) in [6, 6.07) is 14.0. The summed E-state index contributed by atoms with van der Waals surface area (Å²) < 4.78 is 6.07. The Labute approximate surface area is 231 Å². The molecule has 2 saturated heterocycles. The molecule has 0 radical (unpaired) electrons. The van der Waals surface area contributed by atoms with E-state index in [2.05, 4.69) is 29.0 Å². The number of nitrogens with zero attached hydrogens (tertiary/aromatic N) is 4. The van der Waals surface area contributed by atoms with Crippen LogP contribution < -0.4 is 9.64 Å². The van der Waals surface area contributed by atoms with Gasteiger partial charge < -0.3 is 24.3 Å². The van der Waals surface area contributed by atoms with Gasteiger partial charge in [0.15, 0.2) is 0 Å². The molecule has 0 saturated carbocycles. The Morgan fingerprint density at radius 2 is 1.66 bits per heavy atom. The van der Waals surface area contributed by atoms with E-state index in [1.807, 2.05) is 54.0 Å². The third-order valence-corrected chi connectivity index (χ3v) is 8.35. The van der Waals surface area contributed by atoms with Gasteiger partial charge in [-0.25, -0.2) is 0 Å². The van der Waals surface area contributed by atoms with E-state index in [9.17, 15) is 9.59 Å². The van der Waals surface area contributed by atoms with Crippen LogP contribution in [0.2, 0.25) is 5.02 Å². The number of rotatable bonds is 6. The molecule has 3 aliphatic heterocycles. The number of carbonyl (C=O) groups excluding carboxylic acids is 2. The monoisotopic (exact) mass is 538 g/mol. The van der Waals surface area contributed by atoms with E-state index in [0.29, 0.717) is 17.5 Å². The van der Waals surface area contributed by atoms with Crippen molar-refractivity contribution < 1.29 is 14.3 Å². The number of halogens is 1. The maximum atomic E-state index is 13.8. The quantitative estimate of drug-likeness (QED) is 0.551. The Balaban J connectivity index is 1.25. The van der Waals surface area contributed by atoms with Crippen LogP contribution in [0.25, 0.3) is 0 Å². The molecule has 2 fully saturated rings. The van der Waals surface area contributed by atoms with Crippen LogP contribution in [0.3, 0.4) is 0 Å². The maximum Gasteiger partial charge on any atom is 0.242 e. The highest BCUT2D eigenvalue weighted by molar-refractivity contribution is 6.31. The first kappa shape index (κ1) is 26.8. The molecule has 3 aliphatic rings. The molecule has 0 aliphatic carbocycles. The Morgan fingerprint density at radius 3 is 2.37 bits per heavy atom. The molecule has 8 heteroatoms. The number of carbonyl (C=O) groups is 2. The number of ether oxygens (including phenoxy) is 1. The normalized spacial score (nSPS) is 20.7. The van der Waals surface area contributed by atoms with Gasteiger partial charge in [0.25, 0.3) is 0 Å². The molecule has 0 aromatic heterocycles. The zero-order valence-electron chi connectivity index (χ0n) is 22.7. The second kappa shape index (κ2) is 11.5. The topological polar surface area (TPSA) is 56.3 Å². The third kappa shape index (κ3) is 5.79. The first-order valence-electron chi connectivity index (χ1n) is 13.8. The summed E-state index contributed by atoms with van der Waals surface area (Å²) >= 11 is 6.35. The zero-order chi connectivity index (χ0) is 26.8. The number of piperazine rings is 1. The molecule has 1 unspecified atom stereocenters. The third-order valence-electron chi connectivity index (χ3n) is 8.12. The number of likely N-dealkylation sites (tertiary alicyclic amines) is 1. The number of hydrogen-bond acceptors (Lipinski definition) is 5. The number of benzene rings is 2. The number of amides is 2. The van der Waals surface area contributed by atoms with Crippen molar-refractivity contribution in [2.75, 3.05) is 64.3 Å². The van der Waals surface area contributed by atoms with Gasteiger partial charge in [-0.15, -0.1) is 0 Å². The van der Waals surface area contributed by atoms with Gasteiger partial charge >= 0.3 is 0 Å². The van der Waals surface area contributed by atoms with E-state index in [1.54, 1.807) is 0 Å². The molecule has 3 heterocycles. The summed E-state index contributed by atoms with van der Waals surface area (Å²) in [5.41, 5.74) is 3.12. The number of fused-ring (bicyclic) bond motifs is 1. The van der Waals surface area contributed by atoms with Crippen LogP contribution in [-0.2, 0) is 9.59 Å². The summed E-state index contributed by atoms with van der Waals surface area (Å²) in [4.78, 5) is 35.2. The van der Waals surface area contributed by atoms with Crippen molar-refractivity contribution in [3.8, 4) is 5.75 Å². The van der Waals surface area contributed by atoms with Crippen molar-refractivity contribution in [1.29, 1.82) is 0 Å². The van der Waals surface area contributed by atoms with Crippen molar-refractivity contribution in [2.45, 2.75) is 44.6 Å². The predicted octanol–water partition coefficient (Wildman–Crippen LogP) is 4.21. The average Bonchev–Trinajstić information content (AvgIpc) is 3.26. The van der Waals surface area contributed by atoms with Crippen LogP contribution in [0, 0.1) is 0 Å². The lowest BCUT2D eigenvalue weighted by atomic mass is 9.88. The largest absolute Gasteiger partial charge is 0.491 e. The molecule has 2 aromatic rings. The van der Waals surface area contributed by atoms with Crippen molar-refractivity contribution in [2.24, 2.45) is 0 Å². The fraction of sp³-hybridized carbons (Fsp3) is 0.533. The van der Waals surface area contributed by atoms with E-state index >= 15 is 0 Å². The van der Waals surface area contributed by atoms with E-state index in [1.165, 1.54) is 5.56 Å². The molecule has 38 heavy (non-hydrogen) atoms. The number of piperidine rings is 1. The lowest BCUT2D eigenvalue weighted by Gasteiger charge is -2.35. The van der Waals surface area contributed by atoms with Gasteiger partial charge in [-0.1, -0.05) is 35.9 Å². The number of likely N-dealkylation sites (N-methyl/N-ethyl adjacent to an activating group) is 1. The Bertz CT molecular complexity index is 1160. The highest BCUT2D eigenvalue weighted by Crippen LogP contribution is 2.40. The summed E-state index contributed by atoms with van der Waals surface area (Å²) in [6.45, 7) is 9.59. The first-order valence-corrected chi connectivity index (χ1v) is 14.2. The highest BCUT2D eigenvalue weighted by Gasteiger charge is 2.38. The van der Waals surface area contributed by atoms with Crippen molar-refractivity contribution in [1.82, 2.24) is 14.7 Å². The molecule has 1 atom stereocenters. The van der Waals surface area contributed by atoms with Gasteiger partial charge in [-0.2, -0.15) is 0 Å². The molecule has 0 N–H and O–H groups in total. The summed E-state index contributed by atoms with van der Waals surface area (Å²) in [6.07, 6.45) is 1.95.